The number of methoxy groups -OCH3 is 2. The van der Waals surface area contributed by atoms with Gasteiger partial charge in [0.05, 0.1) is 37.8 Å². The van der Waals surface area contributed by atoms with E-state index in [1.807, 2.05) is 76.2 Å². The first-order chi connectivity index (χ1) is 26.4. The Balaban J connectivity index is 1.13. The van der Waals surface area contributed by atoms with Crippen LogP contribution < -0.4 is 10.6 Å². The highest BCUT2D eigenvalue weighted by atomic mass is 35.5. The number of carbonyl (C=O) groups excluding carboxylic acids is 4. The quantitative estimate of drug-likeness (QED) is 0.134. The average Bonchev–Trinajstić information content (AvgIpc) is 4.02. The van der Waals surface area contributed by atoms with Crippen molar-refractivity contribution in [3.05, 3.63) is 71.5 Å². The molecule has 1 fully saturated rings. The fourth-order valence-corrected chi connectivity index (χ4v) is 7.18. The van der Waals surface area contributed by atoms with Crippen LogP contribution in [0.4, 0.5) is 9.59 Å². The lowest BCUT2D eigenvalue weighted by molar-refractivity contribution is -0.136. The van der Waals surface area contributed by atoms with Gasteiger partial charge in [0.25, 0.3) is 5.91 Å². The molecule has 0 saturated carbocycles. The number of benzene rings is 2. The van der Waals surface area contributed by atoms with E-state index < -0.39 is 30.3 Å². The molecule has 6 rings (SSSR count). The van der Waals surface area contributed by atoms with Gasteiger partial charge in [-0.3, -0.25) is 9.59 Å². The van der Waals surface area contributed by atoms with Gasteiger partial charge in [0, 0.05) is 24.7 Å². The highest BCUT2D eigenvalue weighted by Crippen LogP contribution is 2.36. The van der Waals surface area contributed by atoms with Gasteiger partial charge in [-0.05, 0) is 41.4 Å². The molecule has 4 amide bonds. The maximum Gasteiger partial charge on any atom is 0.407 e. The number of nitrogens with zero attached hydrogens (tertiary/aromatic N) is 5. The number of aromatic nitrogens is 4. The molecule has 2 aromatic heterocycles. The van der Waals surface area contributed by atoms with Gasteiger partial charge in [-0.1, -0.05) is 87.8 Å². The van der Waals surface area contributed by atoms with Crippen LogP contribution in [0, 0.1) is 11.8 Å². The van der Waals surface area contributed by atoms with E-state index in [0.717, 1.165) is 40.8 Å². The van der Waals surface area contributed by atoms with Crippen molar-refractivity contribution in [3.63, 3.8) is 0 Å². The average molecular weight is 772 g/mol. The van der Waals surface area contributed by atoms with Crippen LogP contribution in [-0.4, -0.2) is 92.9 Å². The first kappa shape index (κ1) is 39.0. The molecule has 0 bridgehead atoms. The predicted molar refractivity (Wildman–Crippen MR) is 207 cm³/mol. The molecule has 0 spiro atoms. The minimum atomic E-state index is -0.808. The van der Waals surface area contributed by atoms with Crippen LogP contribution in [0.3, 0.4) is 0 Å². The van der Waals surface area contributed by atoms with E-state index in [-0.39, 0.29) is 29.7 Å². The number of hydrogen-bond donors (Lipinski definition) is 4. The molecule has 2 aliphatic heterocycles. The van der Waals surface area contributed by atoms with Gasteiger partial charge < -0.3 is 35.0 Å². The maximum atomic E-state index is 13.6. The highest BCUT2D eigenvalue weighted by molar-refractivity contribution is 6.31. The molecule has 2 aliphatic rings. The molecule has 4 atom stereocenters. The summed E-state index contributed by atoms with van der Waals surface area (Å²) in [6.45, 7) is 7.99. The van der Waals surface area contributed by atoms with Gasteiger partial charge in [0.1, 0.15) is 29.8 Å². The van der Waals surface area contributed by atoms with Crippen molar-refractivity contribution < 1.29 is 28.7 Å². The van der Waals surface area contributed by atoms with Crippen molar-refractivity contribution in [2.75, 3.05) is 20.8 Å². The summed E-state index contributed by atoms with van der Waals surface area (Å²) in [6.07, 6.45) is 4.07. The fraction of sp³-hybridized carbons (Fsp3) is 0.410. The number of rotatable bonds is 11. The molecular weight excluding hydrogens is 726 g/mol. The summed E-state index contributed by atoms with van der Waals surface area (Å²) in [5.41, 5.74) is 5.22. The summed E-state index contributed by atoms with van der Waals surface area (Å²) in [5, 5.41) is 11.3. The number of halogens is 1. The molecule has 1 saturated heterocycles. The molecule has 15 nitrogen and oxygen atoms in total. The summed E-state index contributed by atoms with van der Waals surface area (Å²) in [4.78, 5) is 68.5. The fourth-order valence-electron chi connectivity index (χ4n) is 6.93. The van der Waals surface area contributed by atoms with Gasteiger partial charge in [-0.15, -0.1) is 0 Å². The van der Waals surface area contributed by atoms with Gasteiger partial charge in [0.15, 0.2) is 5.15 Å². The maximum absolute atomic E-state index is 13.6. The standard InChI is InChI=1S/C39H46ClN9O6/c1-21(2)30(45-38(52)54-5)36(50)48-19-7-8-28(48)35-44-32(33(40)47-35)26-15-11-24(12-16-26)23-9-13-25(14-10-23)27-20-41-34(43-27)29-17-18-42-49(29)37(51)31(22(3)4)46-39(53)55-6/h9-16,18,20-22,28-31H,7-8,17,19H2,1-6H3,(H,41,43)(H,44,47)(H,45,52)(H,46,53)/t28-,29-,30-,31-/m0/s1. The molecule has 0 radical (unpaired) electrons. The Morgan fingerprint density at radius 1 is 0.782 bits per heavy atom. The second-order valence-corrected chi connectivity index (χ2v) is 14.6. The first-order valence-corrected chi connectivity index (χ1v) is 18.6. The summed E-state index contributed by atoms with van der Waals surface area (Å²) >= 11 is 6.66. The van der Waals surface area contributed by atoms with Crippen LogP contribution in [-0.2, 0) is 19.1 Å². The number of aromatic amines is 2. The Bertz CT molecular complexity index is 2040. The minimum Gasteiger partial charge on any atom is -0.453 e. The van der Waals surface area contributed by atoms with Crippen LogP contribution in [0.25, 0.3) is 33.6 Å². The van der Waals surface area contributed by atoms with Crippen molar-refractivity contribution in [1.29, 1.82) is 0 Å². The number of hydrogen-bond acceptors (Lipinski definition) is 9. The van der Waals surface area contributed by atoms with E-state index in [1.54, 1.807) is 17.3 Å². The third kappa shape index (κ3) is 8.36. The number of alkyl carbamates (subject to hydrolysis) is 2. The number of H-pyrrole nitrogens is 2. The molecule has 290 valence electrons. The minimum absolute atomic E-state index is 0.137. The van der Waals surface area contributed by atoms with E-state index in [4.69, 9.17) is 21.1 Å². The third-order valence-electron chi connectivity index (χ3n) is 9.98. The van der Waals surface area contributed by atoms with E-state index in [9.17, 15) is 19.2 Å². The molecule has 4 aromatic rings. The number of imidazole rings is 2. The van der Waals surface area contributed by atoms with Crippen molar-refractivity contribution in [1.82, 2.24) is 40.5 Å². The molecule has 0 aliphatic carbocycles. The first-order valence-electron chi connectivity index (χ1n) is 18.3. The Hall–Kier alpha value is -5.70. The van der Waals surface area contributed by atoms with Crippen LogP contribution >= 0.6 is 11.6 Å². The molecular formula is C39H46ClN9O6. The Labute approximate surface area is 324 Å². The van der Waals surface area contributed by atoms with Gasteiger partial charge in [-0.2, -0.15) is 5.10 Å². The summed E-state index contributed by atoms with van der Waals surface area (Å²) < 4.78 is 9.46. The number of amides is 4. The largest absolute Gasteiger partial charge is 0.453 e. The topological polar surface area (TPSA) is 187 Å². The van der Waals surface area contributed by atoms with Gasteiger partial charge >= 0.3 is 12.2 Å². The van der Waals surface area contributed by atoms with Crippen LogP contribution in [0.5, 0.6) is 0 Å². The number of ether oxygens (including phenoxy) is 2. The van der Waals surface area contributed by atoms with E-state index in [0.29, 0.717) is 35.5 Å². The van der Waals surface area contributed by atoms with Crippen LogP contribution in [0.1, 0.15) is 70.7 Å². The van der Waals surface area contributed by atoms with Crippen molar-refractivity contribution in [2.24, 2.45) is 16.9 Å². The number of likely N-dealkylation sites (tertiary alicyclic amines) is 1. The normalized spacial score (nSPS) is 17.8. The van der Waals surface area contributed by atoms with Crippen molar-refractivity contribution in [2.45, 2.75) is 71.1 Å². The summed E-state index contributed by atoms with van der Waals surface area (Å²) in [6, 6.07) is 13.7. The second-order valence-electron chi connectivity index (χ2n) is 14.3. The Morgan fingerprint density at radius 3 is 1.93 bits per heavy atom. The lowest BCUT2D eigenvalue weighted by Gasteiger charge is -2.29. The highest BCUT2D eigenvalue weighted by Gasteiger charge is 2.39. The molecule has 0 unspecified atom stereocenters. The molecule has 16 heteroatoms. The zero-order valence-corrected chi connectivity index (χ0v) is 32.4. The molecule has 4 heterocycles. The Morgan fingerprint density at radius 2 is 1.35 bits per heavy atom. The van der Waals surface area contributed by atoms with Crippen molar-refractivity contribution >= 4 is 41.8 Å². The smallest absolute Gasteiger partial charge is 0.407 e. The molecule has 4 N–H and O–H groups in total. The number of nitrogens with one attached hydrogen (secondary N) is 4. The lowest BCUT2D eigenvalue weighted by Crippen LogP contribution is -2.51. The predicted octanol–water partition coefficient (Wildman–Crippen LogP) is 6.47. The monoisotopic (exact) mass is 771 g/mol. The van der Waals surface area contributed by atoms with E-state index in [2.05, 4.69) is 35.7 Å². The van der Waals surface area contributed by atoms with Crippen molar-refractivity contribution in [3.8, 4) is 33.6 Å². The Kier molecular flexibility index (Phi) is 11.9. The van der Waals surface area contributed by atoms with Crippen LogP contribution in [0.2, 0.25) is 5.15 Å². The summed E-state index contributed by atoms with van der Waals surface area (Å²) in [5.74, 6) is 0.333. The van der Waals surface area contributed by atoms with Gasteiger partial charge in [0.2, 0.25) is 5.91 Å². The molecule has 2 aromatic carbocycles. The second kappa shape index (κ2) is 16.8. The van der Waals surface area contributed by atoms with Gasteiger partial charge in [-0.25, -0.2) is 24.6 Å². The zero-order valence-electron chi connectivity index (χ0n) is 31.6. The van der Waals surface area contributed by atoms with E-state index >= 15 is 0 Å². The van der Waals surface area contributed by atoms with E-state index in [1.165, 1.54) is 19.2 Å². The third-order valence-corrected chi connectivity index (χ3v) is 10.3. The summed E-state index contributed by atoms with van der Waals surface area (Å²) in [7, 11) is 2.53. The number of hydrazone groups is 1. The lowest BCUT2D eigenvalue weighted by atomic mass is 10.0. The molecule has 55 heavy (non-hydrogen) atoms. The van der Waals surface area contributed by atoms with Crippen LogP contribution in [0.15, 0.2) is 59.8 Å². The number of carbonyl (C=O) groups is 4. The zero-order chi connectivity index (χ0) is 39.4. The SMILES string of the molecule is COC(=O)N[C@H](C(=O)N1CCC[C@H]1c1nc(Cl)c(-c2ccc(-c3ccc(-c4cnc([C@@H]5CC=NN5C(=O)[C@@H](NC(=O)OC)C(C)C)[nH]4)cc3)cc2)[nH]1)C(C)C.